The molecule has 2 rings (SSSR count). The quantitative estimate of drug-likeness (QED) is 0.784. The molecule has 2 unspecified atom stereocenters. The van der Waals surface area contributed by atoms with Gasteiger partial charge in [0.25, 0.3) is 0 Å². The fourth-order valence-electron chi connectivity index (χ4n) is 1.82. The van der Waals surface area contributed by atoms with E-state index < -0.39 is 5.97 Å². The first-order valence-corrected chi connectivity index (χ1v) is 4.58. The number of hydrogen-bond donors (Lipinski definition) is 1. The maximum atomic E-state index is 13.0. The summed E-state index contributed by atoms with van der Waals surface area (Å²) in [5, 5.41) is 8.73. The number of aliphatic carboxylic acids is 1. The Morgan fingerprint density at radius 1 is 1.50 bits per heavy atom. The summed E-state index contributed by atoms with van der Waals surface area (Å²) < 4.78 is 13.0. The van der Waals surface area contributed by atoms with Gasteiger partial charge in [0, 0.05) is 0 Å². The fourth-order valence-corrected chi connectivity index (χ4v) is 1.82. The van der Waals surface area contributed by atoms with E-state index in [1.807, 2.05) is 13.0 Å². The molecule has 1 aliphatic carbocycles. The molecule has 0 heterocycles. The Bertz CT molecular complexity index is 367. The lowest BCUT2D eigenvalue weighted by Gasteiger charge is -2.01. The Morgan fingerprint density at radius 2 is 2.21 bits per heavy atom. The van der Waals surface area contributed by atoms with Gasteiger partial charge in [-0.15, -0.1) is 0 Å². The normalized spacial score (nSPS) is 24.7. The number of carboxylic acid groups (broad SMARTS) is 1. The molecule has 0 aromatic heterocycles. The molecule has 0 amide bonds. The summed E-state index contributed by atoms with van der Waals surface area (Å²) >= 11 is 0. The van der Waals surface area contributed by atoms with Crippen LogP contribution in [0.1, 0.15) is 23.5 Å². The second-order valence-corrected chi connectivity index (χ2v) is 3.85. The molecule has 1 N–H and O–H groups in total. The Kier molecular flexibility index (Phi) is 2.02. The lowest BCUT2D eigenvalue weighted by molar-refractivity contribution is -0.138. The van der Waals surface area contributed by atoms with Gasteiger partial charge in [0.1, 0.15) is 5.82 Å². The number of hydrogen-bond acceptors (Lipinski definition) is 1. The number of halogens is 1. The summed E-state index contributed by atoms with van der Waals surface area (Å²) in [5.41, 5.74) is 1.66. The van der Waals surface area contributed by atoms with E-state index >= 15 is 0 Å². The monoisotopic (exact) mass is 194 g/mol. The minimum atomic E-state index is -0.781. The van der Waals surface area contributed by atoms with Gasteiger partial charge in [0.2, 0.25) is 0 Å². The summed E-state index contributed by atoms with van der Waals surface area (Å²) in [6, 6.07) is 4.74. The molecule has 0 spiro atoms. The molecular weight excluding hydrogens is 183 g/mol. The van der Waals surface area contributed by atoms with Gasteiger partial charge < -0.3 is 5.11 Å². The van der Waals surface area contributed by atoms with Crippen molar-refractivity contribution in [2.24, 2.45) is 5.92 Å². The molecule has 2 atom stereocenters. The van der Waals surface area contributed by atoms with Crippen LogP contribution in [0.5, 0.6) is 0 Å². The van der Waals surface area contributed by atoms with Crippen LogP contribution in [0.15, 0.2) is 18.2 Å². The maximum Gasteiger partial charge on any atom is 0.307 e. The first kappa shape index (κ1) is 9.19. The smallest absolute Gasteiger partial charge is 0.307 e. The van der Waals surface area contributed by atoms with Gasteiger partial charge in [0.05, 0.1) is 5.92 Å². The minimum Gasteiger partial charge on any atom is -0.481 e. The summed E-state index contributed by atoms with van der Waals surface area (Å²) in [6.45, 7) is 1.81. The zero-order valence-electron chi connectivity index (χ0n) is 7.83. The second kappa shape index (κ2) is 3.08. The lowest BCUT2D eigenvalue weighted by Crippen LogP contribution is -1.99. The van der Waals surface area contributed by atoms with Crippen LogP contribution in [0.25, 0.3) is 0 Å². The van der Waals surface area contributed by atoms with Crippen LogP contribution in [-0.4, -0.2) is 11.1 Å². The second-order valence-electron chi connectivity index (χ2n) is 3.85. The largest absolute Gasteiger partial charge is 0.481 e. The van der Waals surface area contributed by atoms with Crippen LogP contribution >= 0.6 is 0 Å². The van der Waals surface area contributed by atoms with Crippen molar-refractivity contribution in [3.05, 3.63) is 35.1 Å². The maximum absolute atomic E-state index is 13.0. The highest BCUT2D eigenvalue weighted by atomic mass is 19.1. The topological polar surface area (TPSA) is 37.3 Å². The van der Waals surface area contributed by atoms with E-state index in [0.29, 0.717) is 6.42 Å². The van der Waals surface area contributed by atoms with Crippen molar-refractivity contribution >= 4 is 5.97 Å². The highest BCUT2D eigenvalue weighted by molar-refractivity contribution is 5.75. The van der Waals surface area contributed by atoms with Crippen LogP contribution in [0.3, 0.4) is 0 Å². The molecule has 0 radical (unpaired) electrons. The molecule has 0 saturated heterocycles. The molecule has 1 aromatic carbocycles. The van der Waals surface area contributed by atoms with E-state index in [1.165, 1.54) is 12.1 Å². The highest BCUT2D eigenvalue weighted by Gasteiger charge is 2.44. The molecule has 1 aromatic rings. The van der Waals surface area contributed by atoms with Crippen LogP contribution < -0.4 is 0 Å². The molecule has 3 heteroatoms. The molecule has 14 heavy (non-hydrogen) atoms. The van der Waals surface area contributed by atoms with E-state index in [0.717, 1.165) is 11.1 Å². The summed E-state index contributed by atoms with van der Waals surface area (Å²) in [5.74, 6) is -1.36. The summed E-state index contributed by atoms with van der Waals surface area (Å²) in [6.07, 6.45) is 0.637. The molecular formula is C11H11FO2. The van der Waals surface area contributed by atoms with Gasteiger partial charge in [-0.2, -0.15) is 0 Å². The molecule has 1 fully saturated rings. The van der Waals surface area contributed by atoms with Crippen LogP contribution in [0.4, 0.5) is 4.39 Å². The average molecular weight is 194 g/mol. The molecule has 74 valence electrons. The van der Waals surface area contributed by atoms with Crippen LogP contribution in [0, 0.1) is 18.7 Å². The standard InChI is InChI=1S/C11H11FO2/c1-6-2-7(4-8(12)3-6)9-5-10(9)11(13)14/h2-4,9-10H,5H2,1H3,(H,13,14). The third-order valence-corrected chi connectivity index (χ3v) is 2.60. The van der Waals surface area contributed by atoms with E-state index in [2.05, 4.69) is 0 Å². The predicted octanol–water partition coefficient (Wildman–Crippen LogP) is 2.32. The van der Waals surface area contributed by atoms with Crippen molar-refractivity contribution in [1.82, 2.24) is 0 Å². The first-order chi connectivity index (χ1) is 6.58. The van der Waals surface area contributed by atoms with Gasteiger partial charge in [-0.1, -0.05) is 6.07 Å². The Morgan fingerprint density at radius 3 is 2.71 bits per heavy atom. The number of carboxylic acids is 1. The average Bonchev–Trinajstić information content (AvgIpc) is 2.79. The highest BCUT2D eigenvalue weighted by Crippen LogP contribution is 2.47. The first-order valence-electron chi connectivity index (χ1n) is 4.58. The van der Waals surface area contributed by atoms with E-state index in [1.54, 1.807) is 0 Å². The lowest BCUT2D eigenvalue weighted by atomic mass is 10.1. The van der Waals surface area contributed by atoms with Gasteiger partial charge in [-0.25, -0.2) is 4.39 Å². The van der Waals surface area contributed by atoms with Gasteiger partial charge in [0.15, 0.2) is 0 Å². The zero-order chi connectivity index (χ0) is 10.3. The SMILES string of the molecule is Cc1cc(F)cc(C2CC2C(=O)O)c1. The van der Waals surface area contributed by atoms with Crippen LogP contribution in [0.2, 0.25) is 0 Å². The third kappa shape index (κ3) is 1.62. The van der Waals surface area contributed by atoms with Gasteiger partial charge in [-0.3, -0.25) is 4.79 Å². The van der Waals surface area contributed by atoms with Crippen molar-refractivity contribution in [2.45, 2.75) is 19.3 Å². The Balaban J connectivity index is 2.23. The molecule has 0 bridgehead atoms. The number of benzene rings is 1. The van der Waals surface area contributed by atoms with E-state index in [4.69, 9.17) is 5.11 Å². The zero-order valence-corrected chi connectivity index (χ0v) is 7.83. The van der Waals surface area contributed by atoms with Gasteiger partial charge >= 0.3 is 5.97 Å². The van der Waals surface area contributed by atoms with Crippen molar-refractivity contribution < 1.29 is 14.3 Å². The number of carbonyl (C=O) groups is 1. The predicted molar refractivity (Wildman–Crippen MR) is 49.6 cm³/mol. The summed E-state index contributed by atoms with van der Waals surface area (Å²) in [4.78, 5) is 10.6. The molecule has 0 aliphatic heterocycles. The van der Waals surface area contributed by atoms with Gasteiger partial charge in [-0.05, 0) is 42.5 Å². The van der Waals surface area contributed by atoms with E-state index in [-0.39, 0.29) is 17.7 Å². The third-order valence-electron chi connectivity index (χ3n) is 2.60. The van der Waals surface area contributed by atoms with Crippen molar-refractivity contribution in [3.63, 3.8) is 0 Å². The summed E-state index contributed by atoms with van der Waals surface area (Å²) in [7, 11) is 0. The van der Waals surface area contributed by atoms with Crippen molar-refractivity contribution in [3.8, 4) is 0 Å². The number of rotatable bonds is 2. The van der Waals surface area contributed by atoms with Crippen molar-refractivity contribution in [2.75, 3.05) is 0 Å². The van der Waals surface area contributed by atoms with E-state index in [9.17, 15) is 9.18 Å². The number of aryl methyl sites for hydroxylation is 1. The fraction of sp³-hybridized carbons (Fsp3) is 0.364. The molecule has 2 nitrogen and oxygen atoms in total. The van der Waals surface area contributed by atoms with Crippen molar-refractivity contribution in [1.29, 1.82) is 0 Å². The molecule has 1 saturated carbocycles. The molecule has 1 aliphatic rings. The Labute approximate surface area is 81.4 Å². The van der Waals surface area contributed by atoms with Crippen LogP contribution in [-0.2, 0) is 4.79 Å². The minimum absolute atomic E-state index is 0.0156. The Hall–Kier alpha value is -1.38.